The number of hydrogen-bond acceptors (Lipinski definition) is 3. The molecule has 0 aliphatic carbocycles. The van der Waals surface area contributed by atoms with Crippen LogP contribution in [-0.2, 0) is 11.2 Å². The number of primary amides is 1. The molecule has 27 heavy (non-hydrogen) atoms. The zero-order chi connectivity index (χ0) is 19.6. The molecular weight excluding hydrogens is 338 g/mol. The van der Waals surface area contributed by atoms with Crippen molar-refractivity contribution in [1.29, 1.82) is 0 Å². The highest BCUT2D eigenvalue weighted by Crippen LogP contribution is 2.19. The van der Waals surface area contributed by atoms with Gasteiger partial charge in [0, 0.05) is 32.1 Å². The van der Waals surface area contributed by atoms with Gasteiger partial charge in [-0.05, 0) is 51.8 Å². The van der Waals surface area contributed by atoms with Crippen LogP contribution >= 0.6 is 0 Å². The van der Waals surface area contributed by atoms with E-state index in [1.807, 2.05) is 0 Å². The minimum absolute atomic E-state index is 0.209. The van der Waals surface area contributed by atoms with Crippen molar-refractivity contribution in [2.24, 2.45) is 16.6 Å². The number of nitrogens with zero attached hydrogens (tertiary/aromatic N) is 3. The summed E-state index contributed by atoms with van der Waals surface area (Å²) in [5.74, 6) is 1.07. The van der Waals surface area contributed by atoms with Gasteiger partial charge >= 0.3 is 0 Å². The Labute approximate surface area is 163 Å². The summed E-state index contributed by atoms with van der Waals surface area (Å²) in [5, 5.41) is 3.43. The van der Waals surface area contributed by atoms with Gasteiger partial charge in [-0.25, -0.2) is 0 Å². The quantitative estimate of drug-likeness (QED) is 0.537. The molecular formula is C21H35N5O. The van der Waals surface area contributed by atoms with Gasteiger partial charge in [0.15, 0.2) is 5.96 Å². The van der Waals surface area contributed by atoms with E-state index in [2.05, 4.69) is 66.5 Å². The molecule has 1 aliphatic heterocycles. The number of guanidine groups is 1. The predicted octanol–water partition coefficient (Wildman–Crippen LogP) is 1.71. The van der Waals surface area contributed by atoms with Gasteiger partial charge in [0.05, 0.1) is 6.54 Å². The monoisotopic (exact) mass is 373 g/mol. The van der Waals surface area contributed by atoms with Crippen LogP contribution in [0.2, 0.25) is 0 Å². The van der Waals surface area contributed by atoms with E-state index in [0.717, 1.165) is 51.4 Å². The number of amides is 1. The summed E-state index contributed by atoms with van der Waals surface area (Å²) in [7, 11) is 4.22. The second-order valence-electron chi connectivity index (χ2n) is 7.63. The molecule has 6 heteroatoms. The number of rotatable bonds is 8. The molecule has 2 unspecified atom stereocenters. The normalized spacial score (nSPS) is 19.2. The highest BCUT2D eigenvalue weighted by atomic mass is 16.1. The van der Waals surface area contributed by atoms with Crippen LogP contribution in [0, 0.1) is 5.92 Å². The van der Waals surface area contributed by atoms with E-state index in [4.69, 9.17) is 10.7 Å². The van der Waals surface area contributed by atoms with Gasteiger partial charge in [-0.1, -0.05) is 30.3 Å². The number of carbonyl (C=O) groups is 1. The van der Waals surface area contributed by atoms with Crippen molar-refractivity contribution in [1.82, 2.24) is 15.1 Å². The zero-order valence-corrected chi connectivity index (χ0v) is 17.0. The number of hydrogen-bond donors (Lipinski definition) is 2. The lowest BCUT2D eigenvalue weighted by molar-refractivity contribution is -0.119. The van der Waals surface area contributed by atoms with Crippen LogP contribution < -0.4 is 11.1 Å². The molecule has 0 saturated carbocycles. The van der Waals surface area contributed by atoms with Crippen molar-refractivity contribution in [3.63, 3.8) is 0 Å². The maximum absolute atomic E-state index is 11.3. The van der Waals surface area contributed by atoms with E-state index in [1.54, 1.807) is 0 Å². The molecule has 1 saturated heterocycles. The summed E-state index contributed by atoms with van der Waals surface area (Å²) in [6.07, 6.45) is 3.57. The van der Waals surface area contributed by atoms with Crippen LogP contribution in [0.1, 0.15) is 31.7 Å². The molecule has 0 aromatic heterocycles. The first-order valence-electron chi connectivity index (χ1n) is 10.0. The number of likely N-dealkylation sites (tertiary alicyclic amines) is 1. The average Bonchev–Trinajstić information content (AvgIpc) is 2.64. The lowest BCUT2D eigenvalue weighted by Gasteiger charge is -2.35. The number of benzene rings is 1. The summed E-state index contributed by atoms with van der Waals surface area (Å²) >= 11 is 0. The van der Waals surface area contributed by atoms with Crippen LogP contribution in [0.4, 0.5) is 0 Å². The minimum Gasteiger partial charge on any atom is -0.370 e. The number of piperidine rings is 1. The third-order valence-corrected chi connectivity index (χ3v) is 5.14. The lowest BCUT2D eigenvalue weighted by atomic mass is 9.95. The minimum atomic E-state index is -0.209. The van der Waals surface area contributed by atoms with Crippen molar-refractivity contribution in [2.45, 2.75) is 38.6 Å². The molecule has 1 amide bonds. The first-order chi connectivity index (χ1) is 13.0. The van der Waals surface area contributed by atoms with Gasteiger partial charge in [-0.2, -0.15) is 0 Å². The Bertz CT molecular complexity index is 602. The fraction of sp³-hybridized carbons (Fsp3) is 0.619. The summed E-state index contributed by atoms with van der Waals surface area (Å²) in [6, 6.07) is 10.9. The predicted molar refractivity (Wildman–Crippen MR) is 112 cm³/mol. The maximum atomic E-state index is 11.3. The Morgan fingerprint density at radius 1 is 1.37 bits per heavy atom. The summed E-state index contributed by atoms with van der Waals surface area (Å²) < 4.78 is 0. The molecule has 2 atom stereocenters. The molecule has 0 spiro atoms. The topological polar surface area (TPSA) is 74.0 Å². The highest BCUT2D eigenvalue weighted by molar-refractivity contribution is 5.80. The fourth-order valence-corrected chi connectivity index (χ4v) is 3.62. The van der Waals surface area contributed by atoms with Gasteiger partial charge in [0.2, 0.25) is 5.91 Å². The van der Waals surface area contributed by atoms with Crippen molar-refractivity contribution >= 4 is 11.9 Å². The molecule has 1 aromatic rings. The van der Waals surface area contributed by atoms with Crippen LogP contribution in [0.5, 0.6) is 0 Å². The van der Waals surface area contributed by atoms with Crippen molar-refractivity contribution in [3.8, 4) is 0 Å². The van der Waals surface area contributed by atoms with E-state index in [1.165, 1.54) is 5.56 Å². The van der Waals surface area contributed by atoms with E-state index in [0.29, 0.717) is 18.4 Å². The molecule has 150 valence electrons. The number of carbonyl (C=O) groups excluding carboxylic acids is 1. The largest absolute Gasteiger partial charge is 0.370 e. The molecule has 0 bridgehead atoms. The Kier molecular flexibility index (Phi) is 8.58. The maximum Gasteiger partial charge on any atom is 0.217 e. The van der Waals surface area contributed by atoms with Gasteiger partial charge in [-0.3, -0.25) is 9.79 Å². The van der Waals surface area contributed by atoms with E-state index in [9.17, 15) is 4.79 Å². The Balaban J connectivity index is 2.04. The number of nitrogens with one attached hydrogen (secondary N) is 1. The molecule has 1 heterocycles. The SMILES string of the molecule is CCNC(=NCC(Cc1ccccc1)N(C)C)N1CCCC(CC(N)=O)C1. The van der Waals surface area contributed by atoms with Gasteiger partial charge < -0.3 is 20.9 Å². The molecule has 1 fully saturated rings. The molecule has 6 nitrogen and oxygen atoms in total. The smallest absolute Gasteiger partial charge is 0.217 e. The van der Waals surface area contributed by atoms with Crippen LogP contribution in [0.15, 0.2) is 35.3 Å². The van der Waals surface area contributed by atoms with E-state index in [-0.39, 0.29) is 5.91 Å². The molecule has 3 N–H and O–H groups in total. The standard InChI is InChI=1S/C21H35N5O/c1-4-23-21(26-12-8-11-18(16-26)14-20(22)27)24-15-19(25(2)3)13-17-9-6-5-7-10-17/h5-7,9-10,18-19H,4,8,11-16H2,1-3H3,(H2,22,27)(H,23,24). The van der Waals surface area contributed by atoms with Crippen molar-refractivity contribution < 1.29 is 4.79 Å². The van der Waals surface area contributed by atoms with Gasteiger partial charge in [0.25, 0.3) is 0 Å². The summed E-state index contributed by atoms with van der Waals surface area (Å²) in [6.45, 7) is 5.49. The number of likely N-dealkylation sites (N-methyl/N-ethyl adjacent to an activating group) is 1. The second-order valence-corrected chi connectivity index (χ2v) is 7.63. The van der Waals surface area contributed by atoms with Crippen LogP contribution in [0.3, 0.4) is 0 Å². The Hall–Kier alpha value is -2.08. The summed E-state index contributed by atoms with van der Waals surface area (Å²) in [5.41, 5.74) is 6.73. The first-order valence-corrected chi connectivity index (χ1v) is 10.0. The number of aliphatic imine (C=N–C) groups is 1. The van der Waals surface area contributed by atoms with Gasteiger partial charge in [-0.15, -0.1) is 0 Å². The molecule has 1 aliphatic rings. The zero-order valence-electron chi connectivity index (χ0n) is 17.0. The van der Waals surface area contributed by atoms with Gasteiger partial charge in [0.1, 0.15) is 0 Å². The molecule has 1 aromatic carbocycles. The fourth-order valence-electron chi connectivity index (χ4n) is 3.62. The van der Waals surface area contributed by atoms with E-state index < -0.39 is 0 Å². The summed E-state index contributed by atoms with van der Waals surface area (Å²) in [4.78, 5) is 20.8. The van der Waals surface area contributed by atoms with Crippen molar-refractivity contribution in [3.05, 3.63) is 35.9 Å². The first kappa shape index (κ1) is 21.2. The third kappa shape index (κ3) is 7.21. The molecule has 2 rings (SSSR count). The average molecular weight is 374 g/mol. The number of nitrogens with two attached hydrogens (primary N) is 1. The van der Waals surface area contributed by atoms with Crippen LogP contribution in [-0.4, -0.2) is 68.0 Å². The van der Waals surface area contributed by atoms with Crippen molar-refractivity contribution in [2.75, 3.05) is 40.3 Å². The Morgan fingerprint density at radius 3 is 2.74 bits per heavy atom. The second kappa shape index (κ2) is 10.9. The van der Waals surface area contributed by atoms with E-state index >= 15 is 0 Å². The van der Waals surface area contributed by atoms with Crippen LogP contribution in [0.25, 0.3) is 0 Å². The Morgan fingerprint density at radius 2 is 2.11 bits per heavy atom. The third-order valence-electron chi connectivity index (χ3n) is 5.14. The highest BCUT2D eigenvalue weighted by Gasteiger charge is 2.24. The lowest BCUT2D eigenvalue weighted by Crippen LogP contribution is -2.47. The molecule has 0 radical (unpaired) electrons.